The number of hydrogen-bond acceptors (Lipinski definition) is 4. The van der Waals surface area contributed by atoms with Gasteiger partial charge in [0.1, 0.15) is 11.6 Å². The molecule has 0 amide bonds. The molecule has 2 aliphatic heterocycles. The maximum absolute atomic E-state index is 11.9. The van der Waals surface area contributed by atoms with Gasteiger partial charge in [-0.05, 0) is 19.8 Å². The van der Waals surface area contributed by atoms with Crippen LogP contribution in [0.3, 0.4) is 0 Å². The maximum atomic E-state index is 11.9. The zero-order valence-electron chi connectivity index (χ0n) is 8.66. The fourth-order valence-corrected chi connectivity index (χ4v) is 3.27. The normalized spacial score (nSPS) is 53.5. The second kappa shape index (κ2) is 2.50. The number of carbonyl (C=O) groups is 2. The van der Waals surface area contributed by atoms with Crippen LogP contribution >= 0.6 is 0 Å². The first-order valence-corrected chi connectivity index (χ1v) is 5.43. The topological polar surface area (TPSA) is 63.6 Å². The van der Waals surface area contributed by atoms with Crippen molar-refractivity contribution in [1.29, 1.82) is 0 Å². The van der Waals surface area contributed by atoms with Crippen LogP contribution in [0.5, 0.6) is 0 Å². The molecular formula is C11H14O4. The summed E-state index contributed by atoms with van der Waals surface area (Å²) in [6, 6.07) is 0. The van der Waals surface area contributed by atoms with Crippen molar-refractivity contribution in [3.8, 4) is 0 Å². The smallest absolute Gasteiger partial charge is 0.188 e. The first-order valence-electron chi connectivity index (χ1n) is 5.43. The van der Waals surface area contributed by atoms with E-state index in [1.807, 2.05) is 0 Å². The molecule has 2 heterocycles. The summed E-state index contributed by atoms with van der Waals surface area (Å²) in [4.78, 5) is 23.6. The van der Waals surface area contributed by atoms with Crippen LogP contribution in [0.15, 0.2) is 0 Å². The zero-order valence-corrected chi connectivity index (χ0v) is 8.66. The third-order valence-electron chi connectivity index (χ3n) is 4.40. The lowest BCUT2D eigenvalue weighted by Crippen LogP contribution is -2.61. The highest BCUT2D eigenvalue weighted by Crippen LogP contribution is 2.57. The van der Waals surface area contributed by atoms with Gasteiger partial charge in [0.15, 0.2) is 5.79 Å². The van der Waals surface area contributed by atoms with Gasteiger partial charge in [-0.2, -0.15) is 0 Å². The molecule has 0 unspecified atom stereocenters. The minimum Gasteiger partial charge on any atom is -0.364 e. The minimum atomic E-state index is -1.51. The standard InChI is InChI=1S/C11H14O4/c1-10-3-2-6-4-8(12)7(5-9(10)13)11(10,14)15-6/h6-7,14H,2-5H2,1H3/t6-,7+,10+,11-/m0/s1. The van der Waals surface area contributed by atoms with E-state index in [0.29, 0.717) is 19.3 Å². The molecule has 1 N–H and O–H groups in total. The number of Topliss-reactive ketones (excluding diaryl/α,β-unsaturated/α-hetero) is 2. The van der Waals surface area contributed by atoms with Gasteiger partial charge in [-0.1, -0.05) is 0 Å². The van der Waals surface area contributed by atoms with Crippen LogP contribution in [0.4, 0.5) is 0 Å². The quantitative estimate of drug-likeness (QED) is 0.629. The lowest BCUT2D eigenvalue weighted by molar-refractivity contribution is -0.321. The molecule has 1 saturated carbocycles. The Morgan fingerprint density at radius 3 is 2.87 bits per heavy atom. The Morgan fingerprint density at radius 2 is 2.13 bits per heavy atom. The monoisotopic (exact) mass is 210 g/mol. The number of carbonyl (C=O) groups excluding carboxylic acids is 2. The molecule has 2 bridgehead atoms. The van der Waals surface area contributed by atoms with Gasteiger partial charge in [-0.3, -0.25) is 9.59 Å². The molecular weight excluding hydrogens is 196 g/mol. The van der Waals surface area contributed by atoms with Crippen LogP contribution in [0, 0.1) is 11.3 Å². The van der Waals surface area contributed by atoms with Gasteiger partial charge in [0, 0.05) is 12.8 Å². The Bertz CT molecular complexity index is 364. The van der Waals surface area contributed by atoms with Crippen molar-refractivity contribution in [2.75, 3.05) is 0 Å². The van der Waals surface area contributed by atoms with Crippen molar-refractivity contribution < 1.29 is 19.4 Å². The Balaban J connectivity index is 2.14. The number of fused-ring (bicyclic) bond motifs is 1. The van der Waals surface area contributed by atoms with E-state index in [0.717, 1.165) is 0 Å². The van der Waals surface area contributed by atoms with Crippen LogP contribution in [0.25, 0.3) is 0 Å². The van der Waals surface area contributed by atoms with Gasteiger partial charge in [-0.15, -0.1) is 0 Å². The van der Waals surface area contributed by atoms with Crippen LogP contribution in [-0.4, -0.2) is 28.6 Å². The van der Waals surface area contributed by atoms with Crippen LogP contribution in [0.2, 0.25) is 0 Å². The van der Waals surface area contributed by atoms with Crippen LogP contribution in [-0.2, 0) is 14.3 Å². The molecule has 0 radical (unpaired) electrons. The van der Waals surface area contributed by atoms with Crippen molar-refractivity contribution >= 4 is 11.6 Å². The molecule has 1 aliphatic carbocycles. The van der Waals surface area contributed by atoms with E-state index in [4.69, 9.17) is 4.74 Å². The second-order valence-corrected chi connectivity index (χ2v) is 5.16. The molecule has 4 nitrogen and oxygen atoms in total. The third kappa shape index (κ3) is 0.898. The lowest BCUT2D eigenvalue weighted by atomic mass is 9.70. The summed E-state index contributed by atoms with van der Waals surface area (Å²) in [5, 5.41) is 10.4. The lowest BCUT2D eigenvalue weighted by Gasteiger charge is -2.50. The molecule has 3 rings (SSSR count). The molecule has 82 valence electrons. The van der Waals surface area contributed by atoms with Gasteiger partial charge < -0.3 is 9.84 Å². The summed E-state index contributed by atoms with van der Waals surface area (Å²) >= 11 is 0. The van der Waals surface area contributed by atoms with Gasteiger partial charge >= 0.3 is 0 Å². The fourth-order valence-electron chi connectivity index (χ4n) is 3.27. The fraction of sp³-hybridized carbons (Fsp3) is 0.818. The first kappa shape index (κ1) is 9.48. The van der Waals surface area contributed by atoms with Crippen molar-refractivity contribution in [3.63, 3.8) is 0 Å². The predicted molar refractivity (Wildman–Crippen MR) is 49.9 cm³/mol. The summed E-state index contributed by atoms with van der Waals surface area (Å²) < 4.78 is 5.55. The average Bonchev–Trinajstić information content (AvgIpc) is 2.39. The van der Waals surface area contributed by atoms with E-state index in [9.17, 15) is 14.7 Å². The van der Waals surface area contributed by atoms with Crippen molar-refractivity contribution in [2.45, 2.75) is 44.5 Å². The van der Waals surface area contributed by atoms with Crippen molar-refractivity contribution in [2.24, 2.45) is 11.3 Å². The van der Waals surface area contributed by atoms with Crippen LogP contribution in [0.1, 0.15) is 32.6 Å². The molecule has 0 aromatic rings. The molecule has 0 aromatic heterocycles. The first-order chi connectivity index (χ1) is 6.97. The van der Waals surface area contributed by atoms with E-state index in [2.05, 4.69) is 0 Å². The second-order valence-electron chi connectivity index (χ2n) is 5.16. The molecule has 0 aromatic carbocycles. The number of hydrogen-bond donors (Lipinski definition) is 1. The Hall–Kier alpha value is -0.740. The molecule has 3 aliphatic rings. The highest BCUT2D eigenvalue weighted by Gasteiger charge is 2.69. The highest BCUT2D eigenvalue weighted by atomic mass is 16.6. The molecule has 3 fully saturated rings. The van der Waals surface area contributed by atoms with E-state index in [-0.39, 0.29) is 24.1 Å². The molecule has 15 heavy (non-hydrogen) atoms. The maximum Gasteiger partial charge on any atom is 0.188 e. The van der Waals surface area contributed by atoms with Crippen molar-refractivity contribution in [1.82, 2.24) is 0 Å². The van der Waals surface area contributed by atoms with E-state index in [1.165, 1.54) is 0 Å². The number of aliphatic hydroxyl groups is 1. The molecule has 4 heteroatoms. The molecule has 4 atom stereocenters. The van der Waals surface area contributed by atoms with Crippen molar-refractivity contribution in [3.05, 3.63) is 0 Å². The Morgan fingerprint density at radius 1 is 1.40 bits per heavy atom. The summed E-state index contributed by atoms with van der Waals surface area (Å²) in [6.07, 6.45) is 1.66. The predicted octanol–water partition coefficient (Wildman–Crippen LogP) is 0.422. The van der Waals surface area contributed by atoms with Gasteiger partial charge in [-0.25, -0.2) is 0 Å². The summed E-state index contributed by atoms with van der Waals surface area (Å²) in [6.45, 7) is 1.73. The van der Waals surface area contributed by atoms with E-state index < -0.39 is 17.1 Å². The summed E-state index contributed by atoms with van der Waals surface area (Å²) in [7, 11) is 0. The number of ketones is 2. The SMILES string of the molecule is C[C@@]12CC[C@H]3CC(=O)[C@@H](CC1=O)[C@]2(O)O3. The Kier molecular flexibility index (Phi) is 1.58. The van der Waals surface area contributed by atoms with Gasteiger partial charge in [0.05, 0.1) is 17.4 Å². The largest absolute Gasteiger partial charge is 0.364 e. The zero-order chi connectivity index (χ0) is 10.8. The average molecular weight is 210 g/mol. The molecule has 2 saturated heterocycles. The number of ether oxygens (including phenoxy) is 1. The summed E-state index contributed by atoms with van der Waals surface area (Å²) in [5.41, 5.74) is -0.857. The highest BCUT2D eigenvalue weighted by molar-refractivity contribution is 5.97. The summed E-state index contributed by atoms with van der Waals surface area (Å²) in [5.74, 6) is -2.16. The number of rotatable bonds is 0. The van der Waals surface area contributed by atoms with Gasteiger partial charge in [0.2, 0.25) is 0 Å². The van der Waals surface area contributed by atoms with Crippen LogP contribution < -0.4 is 0 Å². The molecule has 0 spiro atoms. The van der Waals surface area contributed by atoms with E-state index >= 15 is 0 Å². The Labute approximate surface area is 87.6 Å². The van der Waals surface area contributed by atoms with Gasteiger partial charge in [0.25, 0.3) is 0 Å². The third-order valence-corrected chi connectivity index (χ3v) is 4.40. The van der Waals surface area contributed by atoms with E-state index in [1.54, 1.807) is 6.92 Å². The minimum absolute atomic E-state index is 0.00877.